The first-order chi connectivity index (χ1) is 24.5. The lowest BCUT2D eigenvalue weighted by Gasteiger charge is -2.12. The number of rotatable bonds is 14. The first kappa shape index (κ1) is 42.9. The van der Waals surface area contributed by atoms with Crippen LogP contribution < -0.4 is 0 Å². The fourth-order valence-corrected chi connectivity index (χ4v) is 3.65. The number of carboxylic acids is 4. The number of ether oxygens (including phenoxy) is 4. The summed E-state index contributed by atoms with van der Waals surface area (Å²) in [6, 6.07) is 16.9. The van der Waals surface area contributed by atoms with Gasteiger partial charge in [-0.3, -0.25) is 0 Å². The highest BCUT2D eigenvalue weighted by Gasteiger charge is 2.20. The summed E-state index contributed by atoms with van der Waals surface area (Å²) < 4.78 is 19.5. The van der Waals surface area contributed by atoms with Gasteiger partial charge in [0.25, 0.3) is 0 Å². The summed E-state index contributed by atoms with van der Waals surface area (Å²) in [5.74, 6) is -7.72. The zero-order valence-electron chi connectivity index (χ0n) is 27.8. The average Bonchev–Trinajstić information content (AvgIpc) is 3.13. The largest absolute Gasteiger partial charge is 0.478 e. The summed E-state index contributed by atoms with van der Waals surface area (Å²) in [5, 5.41) is 35.0. The Balaban J connectivity index is 0.000000403. The van der Waals surface area contributed by atoms with Crippen molar-refractivity contribution < 1.29 is 77.7 Å². The quantitative estimate of drug-likeness (QED) is 0.102. The van der Waals surface area contributed by atoms with Crippen molar-refractivity contribution in [3.63, 3.8) is 0 Å². The molecule has 52 heavy (non-hydrogen) atoms. The monoisotopic (exact) mass is 722 g/mol. The first-order valence-electron chi connectivity index (χ1n) is 14.7. The van der Waals surface area contributed by atoms with Crippen molar-refractivity contribution in [3.8, 4) is 0 Å². The molecule has 0 saturated heterocycles. The molecule has 0 amide bonds. The molecule has 0 aliphatic rings. The third kappa shape index (κ3) is 14.6. The predicted molar refractivity (Wildman–Crippen MR) is 179 cm³/mol. The van der Waals surface area contributed by atoms with Crippen molar-refractivity contribution in [2.24, 2.45) is 0 Å². The van der Waals surface area contributed by atoms with Crippen molar-refractivity contribution in [1.82, 2.24) is 0 Å². The van der Waals surface area contributed by atoms with Crippen LogP contribution in [0.3, 0.4) is 0 Å². The second-order valence-corrected chi connectivity index (χ2v) is 9.96. The van der Waals surface area contributed by atoms with E-state index in [-0.39, 0.29) is 46.6 Å². The molecule has 16 nitrogen and oxygen atoms in total. The minimum atomic E-state index is -1.23. The van der Waals surface area contributed by atoms with Crippen LogP contribution in [0.2, 0.25) is 0 Å². The highest BCUT2D eigenvalue weighted by atomic mass is 16.6. The Labute approximate surface area is 296 Å². The summed E-state index contributed by atoms with van der Waals surface area (Å²) in [7, 11) is 0. The Morgan fingerprint density at radius 2 is 0.731 bits per heavy atom. The number of hydrogen-bond acceptors (Lipinski definition) is 12. The van der Waals surface area contributed by atoms with Crippen LogP contribution in [0.1, 0.15) is 76.0 Å². The van der Waals surface area contributed by atoms with Gasteiger partial charge >= 0.3 is 47.8 Å². The van der Waals surface area contributed by atoms with E-state index in [2.05, 4.69) is 13.2 Å². The molecule has 3 aromatic rings. The standard InChI is InChI=1S/2C14H14O6.C8H6O4/c2*1-3-12(15)20-9(2)8-19-14(18)11-7-5-4-6-10(11)13(16)17;9-7(10)5-3-1-2-4-6(5)8(11)12/h2*3-7,9H,1,8H2,2H3,(H,16,17);1-4H,(H,9,10)(H,11,12). The predicted octanol–water partition coefficient (Wildman–Crippen LogP) is 4.40. The molecule has 0 spiro atoms. The lowest BCUT2D eigenvalue weighted by Crippen LogP contribution is -2.22. The van der Waals surface area contributed by atoms with Gasteiger partial charge in [-0.15, -0.1) is 0 Å². The maximum Gasteiger partial charge on any atom is 0.339 e. The number of carboxylic acid groups (broad SMARTS) is 4. The maximum absolute atomic E-state index is 11.8. The van der Waals surface area contributed by atoms with Crippen LogP contribution in [0.4, 0.5) is 0 Å². The third-order valence-corrected chi connectivity index (χ3v) is 6.01. The molecule has 0 bridgehead atoms. The number of benzene rings is 3. The van der Waals surface area contributed by atoms with Crippen molar-refractivity contribution in [3.05, 3.63) is 131 Å². The molecule has 0 aliphatic heterocycles. The molecule has 0 saturated carbocycles. The summed E-state index contributed by atoms with van der Waals surface area (Å²) >= 11 is 0. The third-order valence-electron chi connectivity index (χ3n) is 6.01. The van der Waals surface area contributed by atoms with E-state index < -0.39 is 60.0 Å². The molecule has 0 fully saturated rings. The van der Waals surface area contributed by atoms with E-state index in [9.17, 15) is 38.4 Å². The first-order valence-corrected chi connectivity index (χ1v) is 14.7. The molecule has 274 valence electrons. The Morgan fingerprint density at radius 3 is 0.962 bits per heavy atom. The fraction of sp³-hybridized carbons (Fsp3) is 0.167. The number of aromatic carboxylic acids is 4. The molecule has 2 atom stereocenters. The number of carbonyl (C=O) groups is 8. The summed E-state index contributed by atoms with van der Waals surface area (Å²) in [6.45, 7) is 9.21. The van der Waals surface area contributed by atoms with Gasteiger partial charge in [-0.05, 0) is 50.2 Å². The van der Waals surface area contributed by atoms with Gasteiger partial charge in [0.2, 0.25) is 0 Å². The van der Waals surface area contributed by atoms with Gasteiger partial charge in [0.05, 0.1) is 33.4 Å². The van der Waals surface area contributed by atoms with Crippen LogP contribution in [0.15, 0.2) is 98.1 Å². The number of carbonyl (C=O) groups excluding carboxylic acids is 4. The molecule has 3 aromatic carbocycles. The zero-order valence-corrected chi connectivity index (χ0v) is 27.8. The second kappa shape index (κ2) is 21.8. The summed E-state index contributed by atoms with van der Waals surface area (Å²) in [5.41, 5.74) is -0.777. The van der Waals surface area contributed by atoms with Gasteiger partial charge in [0, 0.05) is 12.2 Å². The molecule has 4 N–H and O–H groups in total. The van der Waals surface area contributed by atoms with E-state index in [1.165, 1.54) is 86.6 Å². The van der Waals surface area contributed by atoms with Crippen molar-refractivity contribution in [2.75, 3.05) is 13.2 Å². The fourth-order valence-electron chi connectivity index (χ4n) is 3.65. The summed E-state index contributed by atoms with van der Waals surface area (Å²) in [6.07, 6.45) is 0.693. The molecule has 0 heterocycles. The van der Waals surface area contributed by atoms with E-state index in [0.717, 1.165) is 12.2 Å². The highest BCUT2D eigenvalue weighted by Crippen LogP contribution is 2.12. The van der Waals surface area contributed by atoms with Crippen molar-refractivity contribution in [1.29, 1.82) is 0 Å². The number of hydrogen-bond donors (Lipinski definition) is 4. The highest BCUT2D eigenvalue weighted by molar-refractivity contribution is 6.03. The Hall–Kier alpha value is -7.10. The van der Waals surface area contributed by atoms with Crippen LogP contribution in [-0.2, 0) is 28.5 Å². The Bertz CT molecular complexity index is 1680. The zero-order chi connectivity index (χ0) is 39.4. The van der Waals surface area contributed by atoms with Gasteiger partial charge in [-0.2, -0.15) is 0 Å². The molecule has 0 radical (unpaired) electrons. The number of esters is 4. The van der Waals surface area contributed by atoms with Crippen LogP contribution in [0.5, 0.6) is 0 Å². The topological polar surface area (TPSA) is 254 Å². The van der Waals surface area contributed by atoms with E-state index >= 15 is 0 Å². The van der Waals surface area contributed by atoms with Crippen LogP contribution in [0.25, 0.3) is 0 Å². The second-order valence-electron chi connectivity index (χ2n) is 9.96. The molecule has 0 aromatic heterocycles. The molecule has 3 rings (SSSR count). The van der Waals surface area contributed by atoms with E-state index in [1.807, 2.05) is 0 Å². The average molecular weight is 723 g/mol. The SMILES string of the molecule is C=CC(=O)OC(C)COC(=O)c1ccccc1C(=O)O.C=CC(=O)OC(C)COC(=O)c1ccccc1C(=O)O.O=C(O)c1ccccc1C(=O)O. The van der Waals surface area contributed by atoms with Gasteiger partial charge in [-0.25, -0.2) is 38.4 Å². The van der Waals surface area contributed by atoms with E-state index in [1.54, 1.807) is 0 Å². The minimum Gasteiger partial charge on any atom is -0.478 e. The van der Waals surface area contributed by atoms with Gasteiger partial charge in [0.15, 0.2) is 0 Å². The van der Waals surface area contributed by atoms with Crippen LogP contribution in [0, 0.1) is 0 Å². The molecular weight excluding hydrogens is 688 g/mol. The molecule has 0 aliphatic carbocycles. The normalized spacial score (nSPS) is 10.8. The Kier molecular flexibility index (Phi) is 18.0. The van der Waals surface area contributed by atoms with Gasteiger partial charge in [-0.1, -0.05) is 49.6 Å². The van der Waals surface area contributed by atoms with E-state index in [0.29, 0.717) is 0 Å². The van der Waals surface area contributed by atoms with Crippen molar-refractivity contribution in [2.45, 2.75) is 26.1 Å². The van der Waals surface area contributed by atoms with E-state index in [4.69, 9.17) is 39.4 Å². The molecular formula is C36H34O16. The van der Waals surface area contributed by atoms with Crippen LogP contribution in [-0.4, -0.2) is 93.6 Å². The summed E-state index contributed by atoms with van der Waals surface area (Å²) in [4.78, 5) is 88.3. The van der Waals surface area contributed by atoms with Gasteiger partial charge < -0.3 is 39.4 Å². The maximum atomic E-state index is 11.8. The lowest BCUT2D eigenvalue weighted by atomic mass is 10.1. The van der Waals surface area contributed by atoms with Gasteiger partial charge in [0.1, 0.15) is 25.4 Å². The lowest BCUT2D eigenvalue weighted by molar-refractivity contribution is -0.144. The molecule has 16 heteroatoms. The Morgan fingerprint density at radius 1 is 0.500 bits per heavy atom. The van der Waals surface area contributed by atoms with Crippen molar-refractivity contribution >= 4 is 47.8 Å². The molecule has 2 unspecified atom stereocenters. The minimum absolute atomic E-state index is 0.0535. The van der Waals surface area contributed by atoms with Crippen LogP contribution >= 0.6 is 0 Å². The smallest absolute Gasteiger partial charge is 0.339 e.